The molecule has 108 valence electrons. The maximum absolute atomic E-state index is 12.0. The fraction of sp³-hybridized carbons (Fsp3) is 0.364. The third-order valence-corrected chi connectivity index (χ3v) is 2.43. The maximum atomic E-state index is 12.0. The predicted molar refractivity (Wildman–Crippen MR) is 68.7 cm³/mol. The highest BCUT2D eigenvalue weighted by molar-refractivity contribution is 5.79. The molecule has 1 rings (SSSR count). The number of carbonyl (C=O) groups is 1. The van der Waals surface area contributed by atoms with E-state index in [9.17, 15) is 24.5 Å². The number of aryl methyl sites for hydroxylation is 1. The number of rotatable bonds is 6. The fourth-order valence-corrected chi connectivity index (χ4v) is 1.58. The van der Waals surface area contributed by atoms with Crippen molar-refractivity contribution in [1.82, 2.24) is 9.13 Å². The Hall–Kier alpha value is -2.71. The van der Waals surface area contributed by atoms with Crippen molar-refractivity contribution in [2.45, 2.75) is 26.4 Å². The number of aliphatic carboxylic acids is 1. The van der Waals surface area contributed by atoms with Crippen LogP contribution in [0.4, 0.5) is 5.69 Å². The first-order chi connectivity index (χ1) is 9.38. The Labute approximate surface area is 112 Å². The Balaban J connectivity index is 3.40. The molecule has 9 heteroatoms. The van der Waals surface area contributed by atoms with Gasteiger partial charge >= 0.3 is 22.9 Å². The second kappa shape index (κ2) is 6.45. The molecule has 0 aliphatic carbocycles. The van der Waals surface area contributed by atoms with E-state index < -0.39 is 27.8 Å². The minimum absolute atomic E-state index is 0.225. The Bertz CT molecular complexity index is 670. The van der Waals surface area contributed by atoms with Crippen LogP contribution in [-0.2, 0) is 17.9 Å². The molecule has 0 aliphatic rings. The summed E-state index contributed by atoms with van der Waals surface area (Å²) < 4.78 is 1.70. The number of hydrogen-bond donors (Lipinski definition) is 1. The zero-order valence-corrected chi connectivity index (χ0v) is 10.7. The van der Waals surface area contributed by atoms with E-state index in [0.717, 1.165) is 22.9 Å². The Kier molecular flexibility index (Phi) is 4.95. The smallest absolute Gasteiger partial charge is 0.350 e. The van der Waals surface area contributed by atoms with E-state index in [4.69, 9.17) is 5.11 Å². The average molecular weight is 283 g/mol. The van der Waals surface area contributed by atoms with E-state index >= 15 is 0 Å². The molecule has 1 aromatic rings. The predicted octanol–water partition coefficient (Wildman–Crippen LogP) is -0.0310. The van der Waals surface area contributed by atoms with Crippen LogP contribution in [0.15, 0.2) is 27.9 Å². The summed E-state index contributed by atoms with van der Waals surface area (Å²) in [7, 11) is 0. The van der Waals surface area contributed by atoms with Crippen LogP contribution in [0, 0.1) is 10.1 Å². The number of hydrogen-bond acceptors (Lipinski definition) is 5. The molecular weight excluding hydrogens is 270 g/mol. The first-order valence-corrected chi connectivity index (χ1v) is 5.76. The van der Waals surface area contributed by atoms with Crippen LogP contribution >= 0.6 is 0 Å². The molecule has 20 heavy (non-hydrogen) atoms. The average Bonchev–Trinajstić information content (AvgIpc) is 2.36. The van der Waals surface area contributed by atoms with Gasteiger partial charge in [0.1, 0.15) is 0 Å². The minimum Gasteiger partial charge on any atom is -0.478 e. The molecular formula is C11H13N3O6. The summed E-state index contributed by atoms with van der Waals surface area (Å²) in [6.07, 6.45) is 3.30. The summed E-state index contributed by atoms with van der Waals surface area (Å²) in [5, 5.41) is 19.2. The lowest BCUT2D eigenvalue weighted by molar-refractivity contribution is -0.387. The van der Waals surface area contributed by atoms with Gasteiger partial charge in [-0.3, -0.25) is 24.0 Å². The third-order valence-electron chi connectivity index (χ3n) is 2.43. The van der Waals surface area contributed by atoms with Crippen molar-refractivity contribution in [3.05, 3.63) is 49.3 Å². The molecule has 0 saturated carbocycles. The molecule has 0 unspecified atom stereocenters. The van der Waals surface area contributed by atoms with Gasteiger partial charge in [-0.05, 0) is 6.42 Å². The molecule has 0 saturated heterocycles. The van der Waals surface area contributed by atoms with Crippen LogP contribution < -0.4 is 11.2 Å². The fourth-order valence-electron chi connectivity index (χ4n) is 1.58. The van der Waals surface area contributed by atoms with Gasteiger partial charge in [0.05, 0.1) is 11.1 Å². The molecule has 0 bridgehead atoms. The lowest BCUT2D eigenvalue weighted by Gasteiger charge is -2.07. The number of carboxylic acids is 1. The van der Waals surface area contributed by atoms with Crippen LogP contribution in [0.1, 0.15) is 13.3 Å². The molecule has 0 amide bonds. The van der Waals surface area contributed by atoms with Crippen molar-refractivity contribution < 1.29 is 14.8 Å². The molecule has 1 heterocycles. The highest BCUT2D eigenvalue weighted by atomic mass is 16.6. The van der Waals surface area contributed by atoms with E-state index in [1.807, 2.05) is 0 Å². The lowest BCUT2D eigenvalue weighted by atomic mass is 10.4. The molecule has 1 aromatic heterocycles. The zero-order valence-electron chi connectivity index (χ0n) is 10.7. The summed E-state index contributed by atoms with van der Waals surface area (Å²) in [6.45, 7) is 1.66. The van der Waals surface area contributed by atoms with Crippen molar-refractivity contribution >= 4 is 11.7 Å². The number of aromatic nitrogens is 2. The van der Waals surface area contributed by atoms with E-state index in [1.54, 1.807) is 6.92 Å². The molecule has 0 spiro atoms. The lowest BCUT2D eigenvalue weighted by Crippen LogP contribution is -2.40. The Morgan fingerprint density at radius 1 is 1.50 bits per heavy atom. The molecule has 0 radical (unpaired) electrons. The monoisotopic (exact) mass is 283 g/mol. The van der Waals surface area contributed by atoms with Crippen LogP contribution in [0.25, 0.3) is 0 Å². The van der Waals surface area contributed by atoms with Crippen molar-refractivity contribution in [1.29, 1.82) is 0 Å². The molecule has 0 aromatic carbocycles. The SMILES string of the molecule is CCCn1cc([N+](=O)[O-])c(=O)n(C/C=C/C(=O)O)c1=O. The van der Waals surface area contributed by atoms with Gasteiger partial charge in [-0.25, -0.2) is 9.59 Å². The molecule has 9 nitrogen and oxygen atoms in total. The second-order valence-corrected chi connectivity index (χ2v) is 3.90. The first kappa shape index (κ1) is 15.3. The van der Waals surface area contributed by atoms with Gasteiger partial charge in [-0.2, -0.15) is 0 Å². The summed E-state index contributed by atoms with van der Waals surface area (Å²) >= 11 is 0. The number of allylic oxidation sites excluding steroid dienone is 1. The van der Waals surface area contributed by atoms with E-state index in [1.165, 1.54) is 0 Å². The molecule has 0 aliphatic heterocycles. The van der Waals surface area contributed by atoms with Gasteiger partial charge in [0, 0.05) is 19.2 Å². The first-order valence-electron chi connectivity index (χ1n) is 5.76. The van der Waals surface area contributed by atoms with Gasteiger partial charge < -0.3 is 5.11 Å². The Morgan fingerprint density at radius 3 is 2.65 bits per heavy atom. The second-order valence-electron chi connectivity index (χ2n) is 3.90. The van der Waals surface area contributed by atoms with Crippen molar-refractivity contribution in [2.75, 3.05) is 0 Å². The molecule has 1 N–H and O–H groups in total. The van der Waals surface area contributed by atoms with Crippen LogP contribution in [0.5, 0.6) is 0 Å². The highest BCUT2D eigenvalue weighted by Crippen LogP contribution is 2.01. The topological polar surface area (TPSA) is 124 Å². The number of carboxylic acid groups (broad SMARTS) is 1. The van der Waals surface area contributed by atoms with Crippen LogP contribution in [-0.4, -0.2) is 25.1 Å². The Morgan fingerprint density at radius 2 is 2.15 bits per heavy atom. The molecule has 0 atom stereocenters. The minimum atomic E-state index is -1.24. The van der Waals surface area contributed by atoms with Crippen molar-refractivity contribution in [3.63, 3.8) is 0 Å². The third kappa shape index (κ3) is 3.40. The van der Waals surface area contributed by atoms with Gasteiger partial charge in [0.2, 0.25) is 0 Å². The summed E-state index contributed by atoms with van der Waals surface area (Å²) in [4.78, 5) is 44.0. The van der Waals surface area contributed by atoms with Crippen molar-refractivity contribution in [3.8, 4) is 0 Å². The summed E-state index contributed by atoms with van der Waals surface area (Å²) in [6, 6.07) is 0. The largest absolute Gasteiger partial charge is 0.478 e. The standard InChI is InChI=1S/C11H13N3O6/c1-2-5-12-7-8(14(19)20)10(17)13(11(12)18)6-3-4-9(15)16/h3-4,7H,2,5-6H2,1H3,(H,15,16)/b4-3+. The van der Waals surface area contributed by atoms with E-state index in [-0.39, 0.29) is 13.1 Å². The van der Waals surface area contributed by atoms with Gasteiger partial charge in [-0.1, -0.05) is 13.0 Å². The molecule has 0 fully saturated rings. The summed E-state index contributed by atoms with van der Waals surface area (Å²) in [5.41, 5.74) is -2.48. The summed E-state index contributed by atoms with van der Waals surface area (Å²) in [5.74, 6) is -1.24. The number of nitro groups is 1. The van der Waals surface area contributed by atoms with E-state index in [2.05, 4.69) is 0 Å². The van der Waals surface area contributed by atoms with Gasteiger partial charge in [0.25, 0.3) is 0 Å². The van der Waals surface area contributed by atoms with E-state index in [0.29, 0.717) is 11.0 Å². The van der Waals surface area contributed by atoms with Gasteiger partial charge in [0.15, 0.2) is 0 Å². The van der Waals surface area contributed by atoms with Crippen LogP contribution in [0.3, 0.4) is 0 Å². The normalized spacial score (nSPS) is 10.8. The van der Waals surface area contributed by atoms with Crippen LogP contribution in [0.2, 0.25) is 0 Å². The van der Waals surface area contributed by atoms with Crippen molar-refractivity contribution in [2.24, 2.45) is 0 Å². The zero-order chi connectivity index (χ0) is 15.3. The maximum Gasteiger partial charge on any atom is 0.350 e. The highest BCUT2D eigenvalue weighted by Gasteiger charge is 2.18. The van der Waals surface area contributed by atoms with Gasteiger partial charge in [-0.15, -0.1) is 0 Å². The number of nitrogens with zero attached hydrogens (tertiary/aromatic N) is 3. The quantitative estimate of drug-likeness (QED) is 0.444.